The Labute approximate surface area is 113 Å². The topological polar surface area (TPSA) is 46.3 Å². The second-order valence-corrected chi connectivity index (χ2v) is 5.80. The van der Waals surface area contributed by atoms with Gasteiger partial charge in [0.2, 0.25) is 5.91 Å². The monoisotopic (exact) mass is 264 g/mol. The van der Waals surface area contributed by atoms with E-state index in [1.807, 2.05) is 47.9 Å². The van der Waals surface area contributed by atoms with Gasteiger partial charge in [-0.05, 0) is 36.8 Å². The predicted molar refractivity (Wildman–Crippen MR) is 77.4 cm³/mol. The number of nitrogen functional groups attached to an aromatic ring is 1. The smallest absolute Gasteiger partial charge is 0.226 e. The van der Waals surface area contributed by atoms with Gasteiger partial charge >= 0.3 is 0 Å². The Hall–Kier alpha value is -1.16. The number of amides is 1. The van der Waals surface area contributed by atoms with Gasteiger partial charge in [0.05, 0.1) is 0 Å². The minimum Gasteiger partial charge on any atom is -0.399 e. The van der Waals surface area contributed by atoms with Crippen LogP contribution in [0, 0.1) is 5.92 Å². The fourth-order valence-electron chi connectivity index (χ4n) is 2.18. The first-order valence-electron chi connectivity index (χ1n) is 6.41. The second kappa shape index (κ2) is 6.14. The van der Waals surface area contributed by atoms with E-state index < -0.39 is 0 Å². The van der Waals surface area contributed by atoms with Crippen LogP contribution in [0.4, 0.5) is 5.69 Å². The number of benzene rings is 1. The summed E-state index contributed by atoms with van der Waals surface area (Å²) in [5.74, 6) is 2.63. The number of rotatable bonds is 4. The molecule has 1 aromatic rings. The van der Waals surface area contributed by atoms with Crippen LogP contribution in [-0.4, -0.2) is 28.9 Å². The molecule has 1 aliphatic rings. The molecule has 0 aromatic heterocycles. The van der Waals surface area contributed by atoms with Crippen molar-refractivity contribution in [2.45, 2.75) is 19.9 Å². The van der Waals surface area contributed by atoms with Gasteiger partial charge in [0.15, 0.2) is 0 Å². The van der Waals surface area contributed by atoms with Crippen LogP contribution in [0.15, 0.2) is 24.3 Å². The van der Waals surface area contributed by atoms with E-state index in [-0.39, 0.29) is 5.92 Å². The minimum absolute atomic E-state index is 0.226. The van der Waals surface area contributed by atoms with Crippen LogP contribution in [0.25, 0.3) is 0 Å². The third kappa shape index (κ3) is 3.19. The molecule has 1 aromatic carbocycles. The Morgan fingerprint density at radius 1 is 1.44 bits per heavy atom. The van der Waals surface area contributed by atoms with Gasteiger partial charge in [-0.3, -0.25) is 4.79 Å². The summed E-state index contributed by atoms with van der Waals surface area (Å²) in [6.45, 7) is 3.50. The van der Waals surface area contributed by atoms with Crippen LogP contribution in [0.1, 0.15) is 18.9 Å². The number of hydrogen-bond acceptors (Lipinski definition) is 3. The van der Waals surface area contributed by atoms with E-state index in [1.54, 1.807) is 0 Å². The highest BCUT2D eigenvalue weighted by Gasteiger charge is 2.26. The average Bonchev–Trinajstić information content (AvgIpc) is 2.91. The molecule has 2 N–H and O–H groups in total. The Morgan fingerprint density at radius 3 is 2.72 bits per heavy atom. The van der Waals surface area contributed by atoms with Crippen molar-refractivity contribution in [2.24, 2.45) is 5.92 Å². The van der Waals surface area contributed by atoms with Crippen LogP contribution >= 0.6 is 11.8 Å². The fourth-order valence-corrected chi connectivity index (χ4v) is 3.39. The number of anilines is 1. The van der Waals surface area contributed by atoms with Crippen molar-refractivity contribution in [3.63, 3.8) is 0 Å². The van der Waals surface area contributed by atoms with Crippen molar-refractivity contribution in [3.8, 4) is 0 Å². The number of nitrogens with two attached hydrogens (primary N) is 1. The Balaban J connectivity index is 2.00. The number of nitrogens with zero attached hydrogens (tertiary/aromatic N) is 1. The predicted octanol–water partition coefficient (Wildman–Crippen LogP) is 2.37. The highest BCUT2D eigenvalue weighted by molar-refractivity contribution is 7.99. The van der Waals surface area contributed by atoms with Crippen LogP contribution in [-0.2, 0) is 11.3 Å². The van der Waals surface area contributed by atoms with Crippen molar-refractivity contribution >= 4 is 23.4 Å². The Bertz CT molecular complexity index is 399. The molecule has 4 heteroatoms. The molecule has 2 rings (SSSR count). The standard InChI is InChI=1S/C14H20N2OS/c1-2-16(14(17)12-7-8-18-10-12)9-11-3-5-13(15)6-4-11/h3-6,12H,2,7-10,15H2,1H3. The maximum Gasteiger partial charge on any atom is 0.226 e. The first-order valence-corrected chi connectivity index (χ1v) is 7.57. The summed E-state index contributed by atoms with van der Waals surface area (Å²) < 4.78 is 0. The summed E-state index contributed by atoms with van der Waals surface area (Å²) in [5.41, 5.74) is 7.57. The lowest BCUT2D eigenvalue weighted by Gasteiger charge is -2.24. The number of carbonyl (C=O) groups is 1. The van der Waals surface area contributed by atoms with Gasteiger partial charge in [-0.25, -0.2) is 0 Å². The molecule has 0 saturated carbocycles. The summed E-state index contributed by atoms with van der Waals surface area (Å²) in [7, 11) is 0. The van der Waals surface area contributed by atoms with E-state index in [0.717, 1.165) is 35.7 Å². The molecule has 1 heterocycles. The summed E-state index contributed by atoms with van der Waals surface area (Å²) in [4.78, 5) is 14.3. The average molecular weight is 264 g/mol. The third-order valence-electron chi connectivity index (χ3n) is 3.33. The second-order valence-electron chi connectivity index (χ2n) is 4.65. The quantitative estimate of drug-likeness (QED) is 0.849. The maximum atomic E-state index is 12.3. The first-order chi connectivity index (χ1) is 8.70. The highest BCUT2D eigenvalue weighted by atomic mass is 32.2. The zero-order valence-electron chi connectivity index (χ0n) is 10.8. The van der Waals surface area contributed by atoms with Crippen LogP contribution in [0.2, 0.25) is 0 Å². The van der Waals surface area contributed by atoms with Crippen LogP contribution in [0.5, 0.6) is 0 Å². The van der Waals surface area contributed by atoms with E-state index in [9.17, 15) is 4.79 Å². The van der Waals surface area contributed by atoms with Crippen LogP contribution < -0.4 is 5.73 Å². The SMILES string of the molecule is CCN(Cc1ccc(N)cc1)C(=O)C1CCSC1. The first kappa shape index (κ1) is 13.3. The molecule has 1 unspecified atom stereocenters. The number of thioether (sulfide) groups is 1. The largest absolute Gasteiger partial charge is 0.399 e. The van der Waals surface area contributed by atoms with Gasteiger partial charge in [-0.2, -0.15) is 11.8 Å². The van der Waals surface area contributed by atoms with Gasteiger partial charge in [-0.15, -0.1) is 0 Å². The van der Waals surface area contributed by atoms with E-state index >= 15 is 0 Å². The molecule has 1 aliphatic heterocycles. The number of carbonyl (C=O) groups excluding carboxylic acids is 1. The molecular formula is C14H20N2OS. The van der Waals surface area contributed by atoms with Gasteiger partial charge in [0, 0.05) is 30.4 Å². The maximum absolute atomic E-state index is 12.3. The molecule has 1 saturated heterocycles. The van der Waals surface area contributed by atoms with Gasteiger partial charge < -0.3 is 10.6 Å². The molecule has 1 amide bonds. The molecule has 0 spiro atoms. The summed E-state index contributed by atoms with van der Waals surface area (Å²) in [6, 6.07) is 7.77. The van der Waals surface area contributed by atoms with E-state index in [1.165, 1.54) is 0 Å². The number of hydrogen-bond donors (Lipinski definition) is 1. The van der Waals surface area contributed by atoms with Gasteiger partial charge in [0.1, 0.15) is 0 Å². The van der Waals surface area contributed by atoms with Crippen molar-refractivity contribution in [1.29, 1.82) is 0 Å². The summed E-state index contributed by atoms with van der Waals surface area (Å²) in [5, 5.41) is 0. The van der Waals surface area contributed by atoms with Gasteiger partial charge in [0.25, 0.3) is 0 Å². The van der Waals surface area contributed by atoms with Gasteiger partial charge in [-0.1, -0.05) is 12.1 Å². The lowest BCUT2D eigenvalue weighted by molar-refractivity contribution is -0.135. The molecular weight excluding hydrogens is 244 g/mol. The molecule has 3 nitrogen and oxygen atoms in total. The molecule has 1 fully saturated rings. The molecule has 0 radical (unpaired) electrons. The lowest BCUT2D eigenvalue weighted by Crippen LogP contribution is -2.35. The normalized spacial score (nSPS) is 18.8. The summed E-state index contributed by atoms with van der Waals surface area (Å²) in [6.07, 6.45) is 1.03. The molecule has 1 atom stereocenters. The lowest BCUT2D eigenvalue weighted by atomic mass is 10.1. The van der Waals surface area contributed by atoms with E-state index in [0.29, 0.717) is 12.5 Å². The molecule has 0 aliphatic carbocycles. The van der Waals surface area contributed by atoms with Crippen molar-refractivity contribution in [3.05, 3.63) is 29.8 Å². The van der Waals surface area contributed by atoms with E-state index in [2.05, 4.69) is 0 Å². The zero-order valence-corrected chi connectivity index (χ0v) is 11.6. The van der Waals surface area contributed by atoms with Crippen molar-refractivity contribution < 1.29 is 4.79 Å². The Kier molecular flexibility index (Phi) is 4.53. The van der Waals surface area contributed by atoms with Crippen molar-refractivity contribution in [2.75, 3.05) is 23.8 Å². The highest BCUT2D eigenvalue weighted by Crippen LogP contribution is 2.25. The Morgan fingerprint density at radius 2 is 2.17 bits per heavy atom. The molecule has 98 valence electrons. The third-order valence-corrected chi connectivity index (χ3v) is 4.49. The summed E-state index contributed by atoms with van der Waals surface area (Å²) >= 11 is 1.88. The fraction of sp³-hybridized carbons (Fsp3) is 0.500. The van der Waals surface area contributed by atoms with Crippen molar-refractivity contribution in [1.82, 2.24) is 4.90 Å². The minimum atomic E-state index is 0.226. The van der Waals surface area contributed by atoms with Crippen LogP contribution in [0.3, 0.4) is 0 Å². The zero-order chi connectivity index (χ0) is 13.0. The molecule has 18 heavy (non-hydrogen) atoms. The molecule has 0 bridgehead atoms. The van der Waals surface area contributed by atoms with E-state index in [4.69, 9.17) is 5.73 Å².